The highest BCUT2D eigenvalue weighted by Crippen LogP contribution is 2.31. The number of amides is 1. The van der Waals surface area contributed by atoms with Gasteiger partial charge in [-0.05, 0) is 63.2 Å². The van der Waals surface area contributed by atoms with Crippen LogP contribution in [0.5, 0.6) is 11.5 Å². The van der Waals surface area contributed by atoms with Gasteiger partial charge in [0.05, 0.1) is 37.6 Å². The molecule has 240 valence electrons. The first-order valence-corrected chi connectivity index (χ1v) is 16.9. The molecular formula is C29H38N4O9S2. The van der Waals surface area contributed by atoms with Crippen molar-refractivity contribution in [2.24, 2.45) is 5.92 Å². The van der Waals surface area contributed by atoms with Crippen LogP contribution in [0, 0.1) is 19.8 Å². The molecule has 4 rings (SSSR count). The van der Waals surface area contributed by atoms with Crippen LogP contribution in [0.25, 0.3) is 0 Å². The minimum atomic E-state index is -4.06. The molecule has 3 atom stereocenters. The summed E-state index contributed by atoms with van der Waals surface area (Å²) in [5.41, 5.74) is 0.782. The van der Waals surface area contributed by atoms with E-state index in [0.29, 0.717) is 17.1 Å². The molecule has 2 heterocycles. The van der Waals surface area contributed by atoms with Crippen LogP contribution in [-0.2, 0) is 31.3 Å². The Hall–Kier alpha value is -3.66. The zero-order valence-corrected chi connectivity index (χ0v) is 27.1. The monoisotopic (exact) mass is 650 g/mol. The van der Waals surface area contributed by atoms with E-state index in [4.69, 9.17) is 14.0 Å². The van der Waals surface area contributed by atoms with E-state index >= 15 is 0 Å². The molecule has 1 aliphatic rings. The van der Waals surface area contributed by atoms with Crippen LogP contribution in [0.4, 0.5) is 5.69 Å². The number of aliphatic hydroxyl groups excluding tert-OH is 1. The van der Waals surface area contributed by atoms with Gasteiger partial charge in [-0.3, -0.25) is 9.52 Å². The summed E-state index contributed by atoms with van der Waals surface area (Å²) in [6.07, 6.45) is -0.851. The maximum absolute atomic E-state index is 13.5. The summed E-state index contributed by atoms with van der Waals surface area (Å²) in [5.74, 6) is 0.311. The number of aromatic nitrogens is 1. The predicted molar refractivity (Wildman–Crippen MR) is 162 cm³/mol. The molecule has 0 radical (unpaired) electrons. The number of sulfonamides is 2. The minimum absolute atomic E-state index is 0.0507. The van der Waals surface area contributed by atoms with Gasteiger partial charge in [-0.15, -0.1) is 0 Å². The average Bonchev–Trinajstić information content (AvgIpc) is 3.35. The summed E-state index contributed by atoms with van der Waals surface area (Å²) in [5, 5.41) is 13.6. The quantitative estimate of drug-likeness (QED) is 0.333. The third kappa shape index (κ3) is 7.01. The highest BCUT2D eigenvalue weighted by Gasteiger charge is 2.34. The SMILES string of the molecule is COc1ccc(S(=O)(=O)N(C)C[C@@H]2Oc3ccc(NS(=O)(=O)c4c(C)noc4C)cc3CC(=O)N([C@H](C)CO)C[C@@H]2C)cc1. The molecule has 0 aliphatic carbocycles. The number of rotatable bonds is 10. The third-order valence-corrected chi connectivity index (χ3v) is 11.1. The Labute approximate surface area is 257 Å². The van der Waals surface area contributed by atoms with E-state index in [1.165, 1.54) is 61.5 Å². The number of anilines is 1. The molecule has 1 aliphatic heterocycles. The number of hydrogen-bond acceptors (Lipinski definition) is 10. The fourth-order valence-electron chi connectivity index (χ4n) is 5.05. The van der Waals surface area contributed by atoms with E-state index in [0.717, 1.165) is 0 Å². The number of likely N-dealkylation sites (N-methyl/N-ethyl adjacent to an activating group) is 1. The van der Waals surface area contributed by atoms with Crippen LogP contribution in [0.3, 0.4) is 0 Å². The van der Waals surface area contributed by atoms with E-state index in [2.05, 4.69) is 9.88 Å². The molecule has 0 saturated heterocycles. The van der Waals surface area contributed by atoms with Crippen LogP contribution in [0.15, 0.2) is 56.8 Å². The van der Waals surface area contributed by atoms with Gasteiger partial charge in [-0.1, -0.05) is 12.1 Å². The molecule has 44 heavy (non-hydrogen) atoms. The predicted octanol–water partition coefficient (Wildman–Crippen LogP) is 2.57. The van der Waals surface area contributed by atoms with Crippen molar-refractivity contribution in [1.82, 2.24) is 14.4 Å². The number of aliphatic hydroxyl groups is 1. The Kier molecular flexibility index (Phi) is 9.93. The molecule has 2 aromatic carbocycles. The standard InChI is InChI=1S/C29H38N4O9S2/c1-18-15-33(19(2)17-34)28(35)14-22-13-23(31-43(36,37)29-20(3)30-42-21(29)4)7-12-26(22)41-27(18)16-32(5)44(38,39)25-10-8-24(40-6)9-11-25/h7-13,18-19,27,31,34H,14-17H2,1-6H3/t18-,19+,27-/m0/s1. The molecular weight excluding hydrogens is 612 g/mol. The van der Waals surface area contributed by atoms with E-state index < -0.39 is 32.2 Å². The van der Waals surface area contributed by atoms with Gasteiger partial charge in [0, 0.05) is 30.8 Å². The fraction of sp³-hybridized carbons (Fsp3) is 0.448. The molecule has 0 unspecified atom stereocenters. The van der Waals surface area contributed by atoms with Gasteiger partial charge in [0.1, 0.15) is 23.3 Å². The molecule has 1 amide bonds. The van der Waals surface area contributed by atoms with Gasteiger partial charge in [-0.2, -0.15) is 4.31 Å². The number of carbonyl (C=O) groups excluding carboxylic acids is 1. The third-order valence-electron chi connectivity index (χ3n) is 7.61. The minimum Gasteiger partial charge on any atom is -0.497 e. The van der Waals surface area contributed by atoms with E-state index in [1.807, 2.05) is 6.92 Å². The van der Waals surface area contributed by atoms with Crippen molar-refractivity contribution < 1.29 is 40.7 Å². The summed E-state index contributed by atoms with van der Waals surface area (Å²) >= 11 is 0. The van der Waals surface area contributed by atoms with Gasteiger partial charge < -0.3 is 24.0 Å². The van der Waals surface area contributed by atoms with Gasteiger partial charge in [-0.25, -0.2) is 16.8 Å². The number of aryl methyl sites for hydroxylation is 2. The van der Waals surface area contributed by atoms with Crippen molar-refractivity contribution >= 4 is 31.6 Å². The lowest BCUT2D eigenvalue weighted by Gasteiger charge is -2.33. The fourth-order valence-corrected chi connectivity index (χ4v) is 7.62. The largest absolute Gasteiger partial charge is 0.497 e. The highest BCUT2D eigenvalue weighted by molar-refractivity contribution is 7.92. The lowest BCUT2D eigenvalue weighted by molar-refractivity contribution is -0.134. The Morgan fingerprint density at radius 1 is 1.16 bits per heavy atom. The molecule has 0 spiro atoms. The summed E-state index contributed by atoms with van der Waals surface area (Å²) in [4.78, 5) is 15.1. The van der Waals surface area contributed by atoms with Crippen LogP contribution < -0.4 is 14.2 Å². The van der Waals surface area contributed by atoms with Crippen molar-refractivity contribution in [2.75, 3.05) is 38.6 Å². The number of carbonyl (C=O) groups is 1. The Bertz CT molecular complexity index is 1690. The number of benzene rings is 2. The first-order chi connectivity index (χ1) is 20.7. The molecule has 1 aromatic heterocycles. The van der Waals surface area contributed by atoms with Gasteiger partial charge >= 0.3 is 0 Å². The summed E-state index contributed by atoms with van der Waals surface area (Å²) < 4.78 is 73.4. The number of fused-ring (bicyclic) bond motifs is 1. The van der Waals surface area contributed by atoms with Crippen LogP contribution >= 0.6 is 0 Å². The number of nitrogens with one attached hydrogen (secondary N) is 1. The molecule has 0 bridgehead atoms. The smallest absolute Gasteiger partial charge is 0.267 e. The Morgan fingerprint density at radius 3 is 2.43 bits per heavy atom. The summed E-state index contributed by atoms with van der Waals surface area (Å²) in [6.45, 7) is 6.44. The van der Waals surface area contributed by atoms with Crippen molar-refractivity contribution in [3.05, 3.63) is 59.5 Å². The maximum Gasteiger partial charge on any atom is 0.267 e. The van der Waals surface area contributed by atoms with Gasteiger partial charge in [0.2, 0.25) is 15.9 Å². The van der Waals surface area contributed by atoms with E-state index in [1.54, 1.807) is 25.1 Å². The number of ether oxygens (including phenoxy) is 2. The lowest BCUT2D eigenvalue weighted by Crippen LogP contribution is -2.48. The second kappa shape index (κ2) is 13.1. The van der Waals surface area contributed by atoms with Crippen molar-refractivity contribution in [3.63, 3.8) is 0 Å². The van der Waals surface area contributed by atoms with Crippen molar-refractivity contribution in [2.45, 2.75) is 56.1 Å². The number of hydrogen-bond donors (Lipinski definition) is 2. The average molecular weight is 651 g/mol. The first-order valence-electron chi connectivity index (χ1n) is 13.9. The van der Waals surface area contributed by atoms with Crippen LogP contribution in [0.2, 0.25) is 0 Å². The van der Waals surface area contributed by atoms with E-state index in [9.17, 15) is 26.7 Å². The van der Waals surface area contributed by atoms with Gasteiger partial charge in [0.25, 0.3) is 10.0 Å². The lowest BCUT2D eigenvalue weighted by atomic mass is 10.0. The molecule has 13 nitrogen and oxygen atoms in total. The maximum atomic E-state index is 13.5. The molecule has 2 N–H and O–H groups in total. The first kappa shape index (κ1) is 33.2. The normalized spacial score (nSPS) is 18.5. The molecule has 0 saturated carbocycles. The number of nitrogens with zero attached hydrogens (tertiary/aromatic N) is 3. The zero-order chi connectivity index (χ0) is 32.4. The summed E-state index contributed by atoms with van der Waals surface area (Å²) in [6, 6.07) is 10.1. The van der Waals surface area contributed by atoms with Crippen LogP contribution in [-0.4, -0.2) is 88.2 Å². The number of methoxy groups -OCH3 is 1. The summed E-state index contributed by atoms with van der Waals surface area (Å²) in [7, 11) is -5.02. The Morgan fingerprint density at radius 2 is 1.84 bits per heavy atom. The zero-order valence-electron chi connectivity index (χ0n) is 25.5. The molecule has 0 fully saturated rings. The van der Waals surface area contributed by atoms with E-state index in [-0.39, 0.29) is 64.9 Å². The molecule has 15 heteroatoms. The topological polar surface area (TPSA) is 169 Å². The second-order valence-corrected chi connectivity index (χ2v) is 14.6. The molecule has 3 aromatic rings. The van der Waals surface area contributed by atoms with Crippen LogP contribution in [0.1, 0.15) is 30.9 Å². The van der Waals surface area contributed by atoms with Gasteiger partial charge in [0.15, 0.2) is 10.7 Å². The second-order valence-electron chi connectivity index (χ2n) is 10.9. The Balaban J connectivity index is 1.68. The van der Waals surface area contributed by atoms with Crippen molar-refractivity contribution in [3.8, 4) is 11.5 Å². The highest BCUT2D eigenvalue weighted by atomic mass is 32.2. The van der Waals surface area contributed by atoms with Crippen molar-refractivity contribution in [1.29, 1.82) is 0 Å².